The van der Waals surface area contributed by atoms with Gasteiger partial charge in [0, 0.05) is 24.7 Å². The molecule has 0 aliphatic carbocycles. The Hall–Kier alpha value is -1.49. The monoisotopic (exact) mass is 209 g/mol. The topological polar surface area (TPSA) is 68.1 Å². The van der Waals surface area contributed by atoms with Gasteiger partial charge in [0.1, 0.15) is 5.69 Å². The van der Waals surface area contributed by atoms with Gasteiger partial charge in [0.15, 0.2) is 0 Å². The molecular weight excluding hydrogens is 194 g/mol. The molecule has 0 bridgehead atoms. The molecule has 0 saturated carbocycles. The lowest BCUT2D eigenvalue weighted by Crippen LogP contribution is -2.27. The smallest absolute Gasteiger partial charge is 0.290 e. The number of nitrogens with zero attached hydrogens (tertiary/aromatic N) is 2. The molecule has 0 aliphatic rings. The number of nitro groups is 1. The highest BCUT2D eigenvalue weighted by Gasteiger charge is 2.16. The van der Waals surface area contributed by atoms with Gasteiger partial charge >= 0.3 is 0 Å². The fraction of sp³-hybridized carbons (Fsp3) is 0.500. The predicted octanol–water partition coefficient (Wildman–Crippen LogP) is 1.53. The average molecular weight is 209 g/mol. The maximum atomic E-state index is 10.7. The maximum absolute atomic E-state index is 10.7. The van der Waals surface area contributed by atoms with Crippen LogP contribution in [0.1, 0.15) is 19.0 Å². The summed E-state index contributed by atoms with van der Waals surface area (Å²) in [4.78, 5) is 14.4. The Morgan fingerprint density at radius 3 is 2.93 bits per heavy atom. The largest absolute Gasteiger partial charge is 0.317 e. The van der Waals surface area contributed by atoms with Crippen molar-refractivity contribution in [3.63, 3.8) is 0 Å². The Kier molecular flexibility index (Phi) is 4.17. The minimum absolute atomic E-state index is 0.103. The maximum Gasteiger partial charge on any atom is 0.290 e. The Bertz CT molecular complexity index is 337. The SMILES string of the molecule is CCC(Cc1ncccc1[N+](=O)[O-])NC. The lowest BCUT2D eigenvalue weighted by atomic mass is 10.1. The molecule has 1 heterocycles. The number of hydrogen-bond acceptors (Lipinski definition) is 4. The number of hydrogen-bond donors (Lipinski definition) is 1. The van der Waals surface area contributed by atoms with Gasteiger partial charge in [-0.3, -0.25) is 15.1 Å². The fourth-order valence-electron chi connectivity index (χ4n) is 1.44. The third-order valence-corrected chi connectivity index (χ3v) is 2.40. The first kappa shape index (κ1) is 11.6. The van der Waals surface area contributed by atoms with Crippen LogP contribution in [0.5, 0.6) is 0 Å². The van der Waals surface area contributed by atoms with Gasteiger partial charge in [-0.05, 0) is 19.5 Å². The summed E-state index contributed by atoms with van der Waals surface area (Å²) in [7, 11) is 1.85. The summed E-state index contributed by atoms with van der Waals surface area (Å²) in [5.41, 5.74) is 0.648. The second-order valence-corrected chi connectivity index (χ2v) is 3.32. The standard InChI is InChI=1S/C10H15N3O2/c1-3-8(11-2)7-9-10(13(14)15)5-4-6-12-9/h4-6,8,11H,3,7H2,1-2H3. The third kappa shape index (κ3) is 2.99. The van der Waals surface area contributed by atoms with Crippen LogP contribution in [0.25, 0.3) is 0 Å². The second-order valence-electron chi connectivity index (χ2n) is 3.32. The summed E-state index contributed by atoms with van der Waals surface area (Å²) in [5.74, 6) is 0. The fourth-order valence-corrected chi connectivity index (χ4v) is 1.44. The van der Waals surface area contributed by atoms with Crippen LogP contribution in [-0.2, 0) is 6.42 Å². The van der Waals surface area contributed by atoms with Crippen molar-refractivity contribution in [1.29, 1.82) is 0 Å². The normalized spacial score (nSPS) is 12.4. The van der Waals surface area contributed by atoms with E-state index in [9.17, 15) is 10.1 Å². The highest BCUT2D eigenvalue weighted by atomic mass is 16.6. The minimum Gasteiger partial charge on any atom is -0.317 e. The lowest BCUT2D eigenvalue weighted by molar-refractivity contribution is -0.386. The molecule has 1 aromatic heterocycles. The molecule has 0 fully saturated rings. The first-order valence-corrected chi connectivity index (χ1v) is 4.94. The van der Waals surface area contributed by atoms with E-state index in [4.69, 9.17) is 0 Å². The van der Waals surface area contributed by atoms with Crippen molar-refractivity contribution in [2.45, 2.75) is 25.8 Å². The number of aromatic nitrogens is 1. The van der Waals surface area contributed by atoms with Crippen LogP contribution in [0.4, 0.5) is 5.69 Å². The van der Waals surface area contributed by atoms with Crippen LogP contribution in [0.2, 0.25) is 0 Å². The van der Waals surface area contributed by atoms with E-state index in [2.05, 4.69) is 10.3 Å². The first-order chi connectivity index (χ1) is 7.19. The Balaban J connectivity index is 2.88. The second kappa shape index (κ2) is 5.41. The minimum atomic E-state index is -0.384. The van der Waals surface area contributed by atoms with Gasteiger partial charge in [-0.1, -0.05) is 6.92 Å². The first-order valence-electron chi connectivity index (χ1n) is 4.94. The van der Waals surface area contributed by atoms with Crippen molar-refractivity contribution in [2.75, 3.05) is 7.05 Å². The van der Waals surface area contributed by atoms with Gasteiger partial charge in [-0.15, -0.1) is 0 Å². The van der Waals surface area contributed by atoms with Crippen LogP contribution < -0.4 is 5.32 Å². The Morgan fingerprint density at radius 1 is 1.67 bits per heavy atom. The zero-order valence-electron chi connectivity index (χ0n) is 8.93. The van der Waals surface area contributed by atoms with Crippen molar-refractivity contribution in [1.82, 2.24) is 10.3 Å². The predicted molar refractivity (Wildman–Crippen MR) is 57.7 cm³/mol. The van der Waals surface area contributed by atoms with Crippen molar-refractivity contribution in [3.05, 3.63) is 34.1 Å². The van der Waals surface area contributed by atoms with E-state index in [1.165, 1.54) is 6.07 Å². The summed E-state index contributed by atoms with van der Waals surface area (Å²) in [6.45, 7) is 2.04. The molecule has 1 aromatic rings. The van der Waals surface area contributed by atoms with E-state index in [1.807, 2.05) is 14.0 Å². The van der Waals surface area contributed by atoms with Crippen LogP contribution in [0.15, 0.2) is 18.3 Å². The van der Waals surface area contributed by atoms with Crippen molar-refractivity contribution in [2.24, 2.45) is 0 Å². The Labute approximate surface area is 88.7 Å². The number of rotatable bonds is 5. The number of pyridine rings is 1. The molecule has 5 nitrogen and oxygen atoms in total. The highest BCUT2D eigenvalue weighted by molar-refractivity contribution is 5.34. The van der Waals surface area contributed by atoms with Crippen LogP contribution in [0, 0.1) is 10.1 Å². The quantitative estimate of drug-likeness (QED) is 0.589. The molecule has 0 aromatic carbocycles. The van der Waals surface area contributed by atoms with Gasteiger partial charge in [-0.25, -0.2) is 0 Å². The van der Waals surface area contributed by atoms with E-state index >= 15 is 0 Å². The van der Waals surface area contributed by atoms with E-state index < -0.39 is 0 Å². The van der Waals surface area contributed by atoms with Crippen molar-refractivity contribution >= 4 is 5.69 Å². The van der Waals surface area contributed by atoms with Gasteiger partial charge < -0.3 is 5.32 Å². The van der Waals surface area contributed by atoms with Gasteiger partial charge in [0.2, 0.25) is 0 Å². The van der Waals surface area contributed by atoms with Crippen LogP contribution in [-0.4, -0.2) is 23.0 Å². The van der Waals surface area contributed by atoms with E-state index in [-0.39, 0.29) is 16.7 Å². The van der Waals surface area contributed by atoms with Crippen molar-refractivity contribution < 1.29 is 4.92 Å². The van der Waals surface area contributed by atoms with Crippen LogP contribution in [0.3, 0.4) is 0 Å². The molecule has 0 spiro atoms. The molecule has 1 atom stereocenters. The number of nitrogens with one attached hydrogen (secondary N) is 1. The van der Waals surface area contributed by atoms with E-state index in [0.717, 1.165) is 6.42 Å². The zero-order chi connectivity index (χ0) is 11.3. The highest BCUT2D eigenvalue weighted by Crippen LogP contribution is 2.17. The summed E-state index contributed by atoms with van der Waals surface area (Å²) in [6, 6.07) is 3.31. The van der Waals surface area contributed by atoms with Gasteiger partial charge in [-0.2, -0.15) is 0 Å². The molecule has 1 N–H and O–H groups in total. The molecule has 15 heavy (non-hydrogen) atoms. The molecule has 5 heteroatoms. The van der Waals surface area contributed by atoms with E-state index in [0.29, 0.717) is 12.1 Å². The molecule has 1 rings (SSSR count). The molecule has 0 saturated heterocycles. The summed E-state index contributed by atoms with van der Waals surface area (Å²) in [5, 5.41) is 13.8. The summed E-state index contributed by atoms with van der Waals surface area (Å²) < 4.78 is 0. The number of likely N-dealkylation sites (N-methyl/N-ethyl adjacent to an activating group) is 1. The average Bonchev–Trinajstić information content (AvgIpc) is 2.26. The van der Waals surface area contributed by atoms with Crippen LogP contribution >= 0.6 is 0 Å². The third-order valence-electron chi connectivity index (χ3n) is 2.40. The lowest BCUT2D eigenvalue weighted by Gasteiger charge is -2.12. The van der Waals surface area contributed by atoms with Crippen molar-refractivity contribution in [3.8, 4) is 0 Å². The van der Waals surface area contributed by atoms with Gasteiger partial charge in [0.05, 0.1) is 4.92 Å². The molecular formula is C10H15N3O2. The molecule has 1 unspecified atom stereocenters. The van der Waals surface area contributed by atoms with E-state index in [1.54, 1.807) is 12.3 Å². The Morgan fingerprint density at radius 2 is 2.40 bits per heavy atom. The molecule has 0 amide bonds. The summed E-state index contributed by atoms with van der Waals surface area (Å²) in [6.07, 6.45) is 3.10. The zero-order valence-corrected chi connectivity index (χ0v) is 8.93. The molecule has 82 valence electrons. The molecule has 0 radical (unpaired) electrons. The summed E-state index contributed by atoms with van der Waals surface area (Å²) >= 11 is 0. The van der Waals surface area contributed by atoms with Gasteiger partial charge in [0.25, 0.3) is 5.69 Å². The molecule has 0 aliphatic heterocycles.